The van der Waals surface area contributed by atoms with E-state index in [1.807, 2.05) is 11.3 Å². The standard InChI is InChI=1S/C14H19N3OS/c1-9-3-4-11-10(7-9)12-13(15-5-6-18-2)16-8-17-14(12)19-11/h8-9H,3-7H2,1-2H3,(H,15,16,17)/t9-/m0/s1. The van der Waals surface area contributed by atoms with Gasteiger partial charge in [-0.3, -0.25) is 0 Å². The molecule has 0 radical (unpaired) electrons. The molecule has 5 heteroatoms. The lowest BCUT2D eigenvalue weighted by Crippen LogP contribution is -2.11. The number of rotatable bonds is 4. The third kappa shape index (κ3) is 2.44. The number of hydrogen-bond donors (Lipinski definition) is 1. The molecule has 4 nitrogen and oxygen atoms in total. The first-order valence-electron chi connectivity index (χ1n) is 6.77. The van der Waals surface area contributed by atoms with Gasteiger partial charge in [-0.25, -0.2) is 9.97 Å². The Morgan fingerprint density at radius 1 is 1.47 bits per heavy atom. The lowest BCUT2D eigenvalue weighted by atomic mass is 9.88. The van der Waals surface area contributed by atoms with Crippen molar-refractivity contribution in [3.8, 4) is 0 Å². The van der Waals surface area contributed by atoms with E-state index in [0.29, 0.717) is 6.61 Å². The first-order chi connectivity index (χ1) is 9.29. The summed E-state index contributed by atoms with van der Waals surface area (Å²) < 4.78 is 5.08. The summed E-state index contributed by atoms with van der Waals surface area (Å²) in [6.07, 6.45) is 5.29. The van der Waals surface area contributed by atoms with Gasteiger partial charge in [0.2, 0.25) is 0 Å². The highest BCUT2D eigenvalue weighted by molar-refractivity contribution is 7.19. The van der Waals surface area contributed by atoms with Crippen molar-refractivity contribution in [2.75, 3.05) is 25.6 Å². The monoisotopic (exact) mass is 277 g/mol. The van der Waals surface area contributed by atoms with E-state index in [2.05, 4.69) is 22.2 Å². The summed E-state index contributed by atoms with van der Waals surface area (Å²) in [5.74, 6) is 1.73. The molecule has 0 bridgehead atoms. The number of nitrogens with zero attached hydrogens (tertiary/aromatic N) is 2. The van der Waals surface area contributed by atoms with Crippen LogP contribution in [0.5, 0.6) is 0 Å². The van der Waals surface area contributed by atoms with Crippen LogP contribution >= 0.6 is 11.3 Å². The Balaban J connectivity index is 2.00. The van der Waals surface area contributed by atoms with Crippen molar-refractivity contribution >= 4 is 27.4 Å². The van der Waals surface area contributed by atoms with Crippen molar-refractivity contribution in [1.29, 1.82) is 0 Å². The van der Waals surface area contributed by atoms with Gasteiger partial charge in [0.15, 0.2) is 0 Å². The number of thiophene rings is 1. The molecule has 0 spiro atoms. The highest BCUT2D eigenvalue weighted by atomic mass is 32.1. The van der Waals surface area contributed by atoms with E-state index < -0.39 is 0 Å². The van der Waals surface area contributed by atoms with Crippen molar-refractivity contribution < 1.29 is 4.74 Å². The second kappa shape index (κ2) is 5.43. The third-order valence-corrected chi connectivity index (χ3v) is 4.89. The first-order valence-corrected chi connectivity index (χ1v) is 7.59. The molecule has 2 aromatic heterocycles. The van der Waals surface area contributed by atoms with Crippen LogP contribution in [0.15, 0.2) is 6.33 Å². The zero-order chi connectivity index (χ0) is 13.2. The van der Waals surface area contributed by atoms with Crippen LogP contribution in [0.2, 0.25) is 0 Å². The molecule has 102 valence electrons. The molecule has 0 saturated carbocycles. The quantitative estimate of drug-likeness (QED) is 0.873. The zero-order valence-corrected chi connectivity index (χ0v) is 12.2. The molecule has 0 aliphatic heterocycles. The minimum absolute atomic E-state index is 0.689. The summed E-state index contributed by atoms with van der Waals surface area (Å²) in [4.78, 5) is 11.5. The first kappa shape index (κ1) is 12.8. The van der Waals surface area contributed by atoms with Crippen LogP contribution in [0.4, 0.5) is 5.82 Å². The van der Waals surface area contributed by atoms with Gasteiger partial charge in [0.1, 0.15) is 17.0 Å². The van der Waals surface area contributed by atoms with Crippen LogP contribution in [0.1, 0.15) is 23.8 Å². The normalized spacial score (nSPS) is 18.5. The van der Waals surface area contributed by atoms with Gasteiger partial charge in [0.25, 0.3) is 0 Å². The zero-order valence-electron chi connectivity index (χ0n) is 11.4. The van der Waals surface area contributed by atoms with Gasteiger partial charge >= 0.3 is 0 Å². The van der Waals surface area contributed by atoms with E-state index in [1.54, 1.807) is 13.4 Å². The smallest absolute Gasteiger partial charge is 0.138 e. The maximum Gasteiger partial charge on any atom is 0.138 e. The fraction of sp³-hybridized carbons (Fsp3) is 0.571. The van der Waals surface area contributed by atoms with Gasteiger partial charge in [0.05, 0.1) is 12.0 Å². The van der Waals surface area contributed by atoms with E-state index >= 15 is 0 Å². The Kier molecular flexibility index (Phi) is 3.66. The molecule has 3 rings (SSSR count). The molecule has 0 amide bonds. The summed E-state index contributed by atoms with van der Waals surface area (Å²) in [5, 5.41) is 4.61. The molecule has 19 heavy (non-hydrogen) atoms. The fourth-order valence-electron chi connectivity index (χ4n) is 2.69. The summed E-state index contributed by atoms with van der Waals surface area (Å²) in [5.41, 5.74) is 1.47. The average molecular weight is 277 g/mol. The van der Waals surface area contributed by atoms with Crippen molar-refractivity contribution in [3.05, 3.63) is 16.8 Å². The van der Waals surface area contributed by atoms with Crippen molar-refractivity contribution in [3.63, 3.8) is 0 Å². The third-order valence-electron chi connectivity index (χ3n) is 3.69. The van der Waals surface area contributed by atoms with Crippen LogP contribution in [-0.4, -0.2) is 30.2 Å². The van der Waals surface area contributed by atoms with Crippen LogP contribution in [0.3, 0.4) is 0 Å². The molecular formula is C14H19N3OS. The minimum Gasteiger partial charge on any atom is -0.383 e. The molecular weight excluding hydrogens is 258 g/mol. The Bertz CT molecular complexity index is 581. The van der Waals surface area contributed by atoms with Gasteiger partial charge in [-0.1, -0.05) is 6.92 Å². The number of anilines is 1. The molecule has 2 aromatic rings. The number of nitrogens with one attached hydrogen (secondary N) is 1. The number of methoxy groups -OCH3 is 1. The Morgan fingerprint density at radius 2 is 2.37 bits per heavy atom. The molecule has 1 aliphatic rings. The van der Waals surface area contributed by atoms with E-state index in [1.165, 1.54) is 28.7 Å². The van der Waals surface area contributed by atoms with Crippen molar-refractivity contribution in [1.82, 2.24) is 9.97 Å². The molecule has 0 aromatic carbocycles. The maximum absolute atomic E-state index is 5.08. The predicted octanol–water partition coefficient (Wildman–Crippen LogP) is 2.87. The van der Waals surface area contributed by atoms with Gasteiger partial charge in [0, 0.05) is 18.5 Å². The van der Waals surface area contributed by atoms with Crippen molar-refractivity contribution in [2.45, 2.75) is 26.2 Å². The van der Waals surface area contributed by atoms with Gasteiger partial charge in [-0.05, 0) is 30.7 Å². The second-order valence-electron chi connectivity index (χ2n) is 5.17. The number of aryl methyl sites for hydroxylation is 1. The molecule has 0 unspecified atom stereocenters. The van der Waals surface area contributed by atoms with E-state index in [-0.39, 0.29) is 0 Å². The topological polar surface area (TPSA) is 47.0 Å². The lowest BCUT2D eigenvalue weighted by Gasteiger charge is -2.18. The van der Waals surface area contributed by atoms with Crippen LogP contribution in [0, 0.1) is 5.92 Å². The maximum atomic E-state index is 5.08. The highest BCUT2D eigenvalue weighted by Gasteiger charge is 2.22. The Morgan fingerprint density at radius 3 is 3.21 bits per heavy atom. The van der Waals surface area contributed by atoms with E-state index in [0.717, 1.165) is 29.5 Å². The minimum atomic E-state index is 0.689. The summed E-state index contributed by atoms with van der Waals surface area (Å²) in [6.45, 7) is 3.80. The molecule has 0 fully saturated rings. The molecule has 0 saturated heterocycles. The van der Waals surface area contributed by atoms with Crippen LogP contribution < -0.4 is 5.32 Å². The fourth-order valence-corrected chi connectivity index (χ4v) is 3.87. The summed E-state index contributed by atoms with van der Waals surface area (Å²) >= 11 is 1.83. The largest absolute Gasteiger partial charge is 0.383 e. The summed E-state index contributed by atoms with van der Waals surface area (Å²) in [7, 11) is 1.71. The lowest BCUT2D eigenvalue weighted by molar-refractivity contribution is 0.210. The van der Waals surface area contributed by atoms with E-state index in [4.69, 9.17) is 4.74 Å². The van der Waals surface area contributed by atoms with Crippen LogP contribution in [0.25, 0.3) is 10.2 Å². The number of hydrogen-bond acceptors (Lipinski definition) is 5. The highest BCUT2D eigenvalue weighted by Crippen LogP contribution is 2.39. The summed E-state index contributed by atoms with van der Waals surface area (Å²) in [6, 6.07) is 0. The average Bonchev–Trinajstić information content (AvgIpc) is 2.78. The molecule has 1 N–H and O–H groups in total. The second-order valence-corrected chi connectivity index (χ2v) is 6.26. The Hall–Kier alpha value is -1.20. The van der Waals surface area contributed by atoms with Gasteiger partial charge in [-0.15, -0.1) is 11.3 Å². The number of aromatic nitrogens is 2. The van der Waals surface area contributed by atoms with Gasteiger partial charge in [-0.2, -0.15) is 0 Å². The van der Waals surface area contributed by atoms with Gasteiger partial charge < -0.3 is 10.1 Å². The van der Waals surface area contributed by atoms with Crippen molar-refractivity contribution in [2.24, 2.45) is 5.92 Å². The predicted molar refractivity (Wildman–Crippen MR) is 79.0 cm³/mol. The molecule has 1 aliphatic carbocycles. The number of fused-ring (bicyclic) bond motifs is 3. The molecule has 2 heterocycles. The Labute approximate surface area is 117 Å². The number of ether oxygens (including phenoxy) is 1. The van der Waals surface area contributed by atoms with Crippen LogP contribution in [-0.2, 0) is 17.6 Å². The van der Waals surface area contributed by atoms with E-state index in [9.17, 15) is 0 Å². The molecule has 1 atom stereocenters. The SMILES string of the molecule is COCCNc1ncnc2sc3c(c12)C[C@@H](C)CC3.